The van der Waals surface area contributed by atoms with Crippen LogP contribution in [-0.2, 0) is 33.0 Å². The number of rotatable bonds is 19. The van der Waals surface area contributed by atoms with Crippen LogP contribution in [0.2, 0.25) is 0 Å². The molecule has 9 heteroatoms. The third-order valence-electron chi connectivity index (χ3n) is 6.52. The summed E-state index contributed by atoms with van der Waals surface area (Å²) in [6.07, 6.45) is -1.11. The van der Waals surface area contributed by atoms with Crippen molar-refractivity contribution in [1.82, 2.24) is 0 Å². The minimum absolute atomic E-state index is 0.0242. The highest BCUT2D eigenvalue weighted by Crippen LogP contribution is 2.39. The summed E-state index contributed by atoms with van der Waals surface area (Å²) in [6, 6.07) is 1.81. The van der Waals surface area contributed by atoms with Crippen LogP contribution in [0.4, 0.5) is 26.3 Å². The van der Waals surface area contributed by atoms with E-state index in [0.717, 1.165) is 44.2 Å². The third kappa shape index (κ3) is 13.6. The molecule has 1 rings (SSSR count). The van der Waals surface area contributed by atoms with E-state index < -0.39 is 29.5 Å². The molecule has 1 atom stereocenters. The number of hydrogen-bond acceptors (Lipinski definition) is 3. The zero-order valence-electron chi connectivity index (χ0n) is 25.3. The topological polar surface area (TPSA) is 27.7 Å². The maximum absolute atomic E-state index is 13.3. The van der Waals surface area contributed by atoms with Gasteiger partial charge in [0.2, 0.25) is 0 Å². The van der Waals surface area contributed by atoms with Crippen LogP contribution in [0.5, 0.6) is 0 Å². The van der Waals surface area contributed by atoms with Crippen LogP contribution in [0.3, 0.4) is 0 Å². The van der Waals surface area contributed by atoms with Crippen molar-refractivity contribution in [2.75, 3.05) is 0 Å². The number of aryl methyl sites for hydroxylation is 1. The molecule has 3 nitrogen and oxygen atoms in total. The minimum atomic E-state index is -4.85. The van der Waals surface area contributed by atoms with E-state index in [9.17, 15) is 26.3 Å². The first kappa shape index (κ1) is 36.7. The zero-order valence-corrected chi connectivity index (χ0v) is 25.3. The number of benzene rings is 1. The quantitative estimate of drug-likeness (QED) is 0.0920. The highest BCUT2D eigenvalue weighted by Gasteiger charge is 2.44. The monoisotopic (exact) mass is 584 g/mol. The second kappa shape index (κ2) is 17.0. The van der Waals surface area contributed by atoms with Crippen molar-refractivity contribution in [2.45, 2.75) is 156 Å². The molecule has 0 aliphatic rings. The molecule has 40 heavy (non-hydrogen) atoms. The molecular formula is C31H50F6O3. The van der Waals surface area contributed by atoms with E-state index >= 15 is 0 Å². The summed E-state index contributed by atoms with van der Waals surface area (Å²) in [6.45, 7) is 13.6. The Morgan fingerprint density at radius 2 is 0.975 bits per heavy atom. The normalized spacial score (nSPS) is 14.1. The molecule has 1 aromatic rings. The molecule has 0 fully saturated rings. The van der Waals surface area contributed by atoms with E-state index in [0.29, 0.717) is 19.3 Å². The first-order valence-corrected chi connectivity index (χ1v) is 14.8. The molecule has 0 heterocycles. The Morgan fingerprint density at radius 3 is 1.38 bits per heavy atom. The van der Waals surface area contributed by atoms with Crippen LogP contribution in [0.1, 0.15) is 129 Å². The Hall–Kier alpha value is -1.32. The molecule has 0 bridgehead atoms. The van der Waals surface area contributed by atoms with E-state index in [-0.39, 0.29) is 42.3 Å². The van der Waals surface area contributed by atoms with Gasteiger partial charge in [0.1, 0.15) is 0 Å². The van der Waals surface area contributed by atoms with Gasteiger partial charge < -0.3 is 14.2 Å². The third-order valence-corrected chi connectivity index (χ3v) is 6.52. The Kier molecular flexibility index (Phi) is 15.6. The zero-order chi connectivity index (χ0) is 30.6. The first-order chi connectivity index (χ1) is 18.5. The molecule has 234 valence electrons. The molecule has 0 aromatic heterocycles. The van der Waals surface area contributed by atoms with Crippen LogP contribution in [0.15, 0.2) is 18.2 Å². The van der Waals surface area contributed by atoms with Crippen LogP contribution in [-0.4, -0.2) is 24.3 Å². The van der Waals surface area contributed by atoms with Crippen molar-refractivity contribution in [3.05, 3.63) is 34.9 Å². The number of hydrogen-bond donors (Lipinski definition) is 0. The van der Waals surface area contributed by atoms with Gasteiger partial charge in [0.15, 0.2) is 0 Å². The van der Waals surface area contributed by atoms with Gasteiger partial charge >= 0.3 is 12.4 Å². The van der Waals surface area contributed by atoms with E-state index in [4.69, 9.17) is 14.2 Å². The molecule has 1 unspecified atom stereocenters. The molecule has 0 aliphatic heterocycles. The standard InChI is InChI=1S/C31H50F6O3/c1-8-9-10-11-12-13-17-26(31(38-22(2)3,39-23(4)5)40-24(6)7)18-15-14-16-25-19-27(29(32,33)34)21-28(20-25)30(35,36)37/h19-24,26H,8-18H2,1-7H3. The number of halogens is 6. The number of alkyl halides is 6. The lowest BCUT2D eigenvalue weighted by Gasteiger charge is -2.43. The van der Waals surface area contributed by atoms with Crippen LogP contribution in [0, 0.1) is 5.92 Å². The minimum Gasteiger partial charge on any atom is -0.324 e. The lowest BCUT2D eigenvalue weighted by atomic mass is 9.90. The molecule has 0 spiro atoms. The summed E-state index contributed by atoms with van der Waals surface area (Å²) in [4.78, 5) is 0. The summed E-state index contributed by atoms with van der Waals surface area (Å²) in [5, 5.41) is 0. The SMILES string of the molecule is CCCCCCCCC(CCCCc1cc(C(F)(F)F)cc(C(F)(F)F)c1)C(OC(C)C)(OC(C)C)OC(C)C. The molecule has 0 aliphatic carbocycles. The van der Waals surface area contributed by atoms with Crippen molar-refractivity contribution < 1.29 is 40.6 Å². The van der Waals surface area contributed by atoms with Crippen molar-refractivity contribution in [2.24, 2.45) is 5.92 Å². The summed E-state index contributed by atoms with van der Waals surface area (Å²) in [5.74, 6) is -1.45. The molecule has 1 aromatic carbocycles. The number of unbranched alkanes of at least 4 members (excludes halogenated alkanes) is 6. The van der Waals surface area contributed by atoms with E-state index in [1.54, 1.807) is 0 Å². The summed E-state index contributed by atoms with van der Waals surface area (Å²) in [5.41, 5.74) is -2.53. The Bertz CT molecular complexity index is 775. The molecule has 0 amide bonds. The predicted octanol–water partition coefficient (Wildman–Crippen LogP) is 10.7. The van der Waals surface area contributed by atoms with Gasteiger partial charge in [-0.15, -0.1) is 0 Å². The summed E-state index contributed by atoms with van der Waals surface area (Å²) < 4.78 is 98.7. The lowest BCUT2D eigenvalue weighted by molar-refractivity contribution is -0.433. The van der Waals surface area contributed by atoms with Crippen molar-refractivity contribution in [1.29, 1.82) is 0 Å². The van der Waals surface area contributed by atoms with E-state index in [1.165, 1.54) is 12.8 Å². The van der Waals surface area contributed by atoms with Gasteiger partial charge in [-0.3, -0.25) is 0 Å². The molecule has 0 radical (unpaired) electrons. The van der Waals surface area contributed by atoms with Gasteiger partial charge in [0.05, 0.1) is 29.4 Å². The van der Waals surface area contributed by atoms with Crippen molar-refractivity contribution in [3.8, 4) is 0 Å². The van der Waals surface area contributed by atoms with Crippen LogP contribution in [0.25, 0.3) is 0 Å². The average Bonchev–Trinajstić information content (AvgIpc) is 2.79. The van der Waals surface area contributed by atoms with Crippen molar-refractivity contribution >= 4 is 0 Å². The summed E-state index contributed by atoms with van der Waals surface area (Å²) in [7, 11) is 0. The highest BCUT2D eigenvalue weighted by atomic mass is 19.4. The Balaban J connectivity index is 3.12. The van der Waals surface area contributed by atoms with Gasteiger partial charge in [-0.25, -0.2) is 0 Å². The second-order valence-corrected chi connectivity index (χ2v) is 11.5. The molecular weight excluding hydrogens is 534 g/mol. The fraction of sp³-hybridized carbons (Fsp3) is 0.806. The van der Waals surface area contributed by atoms with Gasteiger partial charge in [-0.1, -0.05) is 51.9 Å². The maximum atomic E-state index is 13.3. The predicted molar refractivity (Wildman–Crippen MR) is 147 cm³/mol. The van der Waals surface area contributed by atoms with Gasteiger partial charge in [0.25, 0.3) is 5.97 Å². The van der Waals surface area contributed by atoms with E-state index in [1.807, 2.05) is 41.5 Å². The maximum Gasteiger partial charge on any atom is 0.416 e. The molecule has 0 N–H and O–H groups in total. The van der Waals surface area contributed by atoms with Crippen LogP contribution < -0.4 is 0 Å². The van der Waals surface area contributed by atoms with Crippen molar-refractivity contribution in [3.63, 3.8) is 0 Å². The second-order valence-electron chi connectivity index (χ2n) is 11.5. The highest BCUT2D eigenvalue weighted by molar-refractivity contribution is 5.33. The van der Waals surface area contributed by atoms with E-state index in [2.05, 4.69) is 6.92 Å². The van der Waals surface area contributed by atoms with Gasteiger partial charge in [-0.2, -0.15) is 26.3 Å². The lowest BCUT2D eigenvalue weighted by Crippen LogP contribution is -2.50. The Morgan fingerprint density at radius 1 is 0.575 bits per heavy atom. The fourth-order valence-electron chi connectivity index (χ4n) is 4.91. The summed E-state index contributed by atoms with van der Waals surface area (Å²) >= 11 is 0. The van der Waals surface area contributed by atoms with Gasteiger partial charge in [0, 0.05) is 5.92 Å². The first-order valence-electron chi connectivity index (χ1n) is 14.8. The Labute approximate surface area is 237 Å². The largest absolute Gasteiger partial charge is 0.416 e. The number of ether oxygens (including phenoxy) is 3. The van der Waals surface area contributed by atoms with Crippen LogP contribution >= 0.6 is 0 Å². The smallest absolute Gasteiger partial charge is 0.324 e. The molecule has 0 saturated carbocycles. The molecule has 0 saturated heterocycles. The van der Waals surface area contributed by atoms with Gasteiger partial charge in [-0.05, 0) is 91.0 Å². The fourth-order valence-corrected chi connectivity index (χ4v) is 4.91. The average molecular weight is 585 g/mol.